The van der Waals surface area contributed by atoms with Crippen molar-refractivity contribution in [3.63, 3.8) is 0 Å². The maximum absolute atomic E-state index is 12.9. The number of nitrogens with zero attached hydrogens (tertiary/aromatic N) is 2. The molecule has 1 aliphatic heterocycles. The van der Waals surface area contributed by atoms with Crippen LogP contribution >= 0.6 is 35.1 Å². The monoisotopic (exact) mass is 497 g/mol. The third-order valence-corrected chi connectivity index (χ3v) is 6.77. The standard InChI is InChI=1S/C21H24Cl2N2O.C3H9NOS/c1-24(21(26)14-16-9-10-18(22)19(23)13-16)20(15-25-11-5-6-12-25)17-7-3-2-4-8-17;1-3(5)2-6-4/h2-4,7-10,13,20H,5-6,11-12,14-15H2,1H3;3,5H,2,4H2,1H3. The Morgan fingerprint density at radius 2 is 1.81 bits per heavy atom. The van der Waals surface area contributed by atoms with Gasteiger partial charge in [-0.1, -0.05) is 71.5 Å². The zero-order chi connectivity index (χ0) is 23.5. The van der Waals surface area contributed by atoms with Crippen molar-refractivity contribution in [3.8, 4) is 0 Å². The largest absolute Gasteiger partial charge is 0.393 e. The van der Waals surface area contributed by atoms with E-state index in [9.17, 15) is 4.79 Å². The number of aliphatic hydroxyl groups excluding tert-OH is 1. The molecule has 2 aromatic carbocycles. The summed E-state index contributed by atoms with van der Waals surface area (Å²) in [7, 11) is 1.90. The lowest BCUT2D eigenvalue weighted by Gasteiger charge is -2.32. The van der Waals surface area contributed by atoms with Gasteiger partial charge < -0.3 is 14.9 Å². The number of hydrogen-bond acceptors (Lipinski definition) is 5. The van der Waals surface area contributed by atoms with Crippen LogP contribution in [-0.2, 0) is 11.2 Å². The lowest BCUT2D eigenvalue weighted by Crippen LogP contribution is -2.39. The first-order valence-electron chi connectivity index (χ1n) is 10.8. The van der Waals surface area contributed by atoms with Crippen molar-refractivity contribution in [2.24, 2.45) is 5.14 Å². The van der Waals surface area contributed by atoms with Crippen molar-refractivity contribution in [2.45, 2.75) is 38.3 Å². The molecule has 5 nitrogen and oxygen atoms in total. The molecule has 1 amide bonds. The molecule has 2 unspecified atom stereocenters. The highest BCUT2D eigenvalue weighted by Crippen LogP contribution is 2.26. The summed E-state index contributed by atoms with van der Waals surface area (Å²) in [6.07, 6.45) is 2.53. The van der Waals surface area contributed by atoms with E-state index in [1.807, 2.05) is 36.2 Å². The molecule has 0 bridgehead atoms. The Balaban J connectivity index is 0.000000534. The summed E-state index contributed by atoms with van der Waals surface area (Å²) >= 11 is 13.2. The maximum Gasteiger partial charge on any atom is 0.227 e. The fourth-order valence-corrected chi connectivity index (χ4v) is 4.20. The van der Waals surface area contributed by atoms with Crippen LogP contribution in [0.15, 0.2) is 48.5 Å². The maximum atomic E-state index is 12.9. The van der Waals surface area contributed by atoms with Crippen LogP contribution in [-0.4, -0.2) is 59.4 Å². The van der Waals surface area contributed by atoms with Crippen molar-refractivity contribution in [1.82, 2.24) is 9.80 Å². The second kappa shape index (κ2) is 14.1. The van der Waals surface area contributed by atoms with Crippen LogP contribution < -0.4 is 5.14 Å². The van der Waals surface area contributed by atoms with Crippen LogP contribution in [0.5, 0.6) is 0 Å². The molecule has 1 saturated heterocycles. The molecule has 0 aliphatic carbocycles. The summed E-state index contributed by atoms with van der Waals surface area (Å²) in [5.74, 6) is 0.705. The minimum Gasteiger partial charge on any atom is -0.393 e. The molecule has 8 heteroatoms. The first-order chi connectivity index (χ1) is 15.3. The van der Waals surface area contributed by atoms with Crippen LogP contribution in [0, 0.1) is 0 Å². The first-order valence-corrected chi connectivity index (χ1v) is 12.6. The highest BCUT2D eigenvalue weighted by molar-refractivity contribution is 7.97. The van der Waals surface area contributed by atoms with Crippen molar-refractivity contribution in [1.29, 1.82) is 0 Å². The van der Waals surface area contributed by atoms with Crippen LogP contribution in [0.1, 0.15) is 36.9 Å². The number of nitrogens with two attached hydrogens (primary N) is 1. The number of halogens is 2. The zero-order valence-electron chi connectivity index (χ0n) is 18.7. The Kier molecular flexibility index (Phi) is 11.9. The molecule has 1 heterocycles. The molecule has 3 rings (SSSR count). The van der Waals surface area contributed by atoms with Crippen LogP contribution in [0.4, 0.5) is 0 Å². The molecule has 32 heavy (non-hydrogen) atoms. The Hall–Kier alpha value is -1.28. The molecule has 1 fully saturated rings. The highest BCUT2D eigenvalue weighted by Gasteiger charge is 2.25. The number of likely N-dealkylation sites (N-methyl/N-ethyl adjacent to an activating group) is 1. The zero-order valence-corrected chi connectivity index (χ0v) is 21.0. The average Bonchev–Trinajstić information content (AvgIpc) is 3.28. The molecule has 0 saturated carbocycles. The van der Waals surface area contributed by atoms with Crippen LogP contribution in [0.25, 0.3) is 0 Å². The summed E-state index contributed by atoms with van der Waals surface area (Å²) in [5.41, 5.74) is 2.05. The number of hydrogen-bond donors (Lipinski definition) is 2. The van der Waals surface area contributed by atoms with E-state index in [0.717, 1.165) is 37.1 Å². The summed E-state index contributed by atoms with van der Waals surface area (Å²) < 4.78 is 0. The predicted molar refractivity (Wildman–Crippen MR) is 136 cm³/mol. The van der Waals surface area contributed by atoms with E-state index in [4.69, 9.17) is 33.4 Å². The Labute approximate surface area is 206 Å². The van der Waals surface area contributed by atoms with Gasteiger partial charge in [0.15, 0.2) is 0 Å². The van der Waals surface area contributed by atoms with Gasteiger partial charge >= 0.3 is 0 Å². The van der Waals surface area contributed by atoms with Crippen molar-refractivity contribution in [2.75, 3.05) is 32.4 Å². The third kappa shape index (κ3) is 8.93. The third-order valence-electron chi connectivity index (χ3n) is 5.35. The van der Waals surface area contributed by atoms with Gasteiger partial charge in [-0.25, -0.2) is 0 Å². The van der Waals surface area contributed by atoms with Gasteiger partial charge in [-0.3, -0.25) is 9.93 Å². The summed E-state index contributed by atoms with van der Waals surface area (Å²) in [5, 5.41) is 14.4. The quantitative estimate of drug-likeness (QED) is 0.512. The van der Waals surface area contributed by atoms with Crippen LogP contribution in [0.3, 0.4) is 0 Å². The fraction of sp³-hybridized carbons (Fsp3) is 0.458. The van der Waals surface area contributed by atoms with E-state index >= 15 is 0 Å². The lowest BCUT2D eigenvalue weighted by molar-refractivity contribution is -0.131. The summed E-state index contributed by atoms with van der Waals surface area (Å²) in [6.45, 7) is 4.80. The Bertz CT molecular complexity index is 833. The molecule has 0 radical (unpaired) electrons. The van der Waals surface area contributed by atoms with Crippen molar-refractivity contribution < 1.29 is 9.90 Å². The van der Waals surface area contributed by atoms with E-state index in [-0.39, 0.29) is 18.1 Å². The van der Waals surface area contributed by atoms with Gasteiger partial charge in [0.1, 0.15) is 0 Å². The number of rotatable bonds is 8. The molecule has 0 spiro atoms. The minimum absolute atomic E-state index is 0.0459. The average molecular weight is 499 g/mol. The summed E-state index contributed by atoms with van der Waals surface area (Å²) in [4.78, 5) is 17.2. The SMILES string of the molecule is CC(O)CSN.CN(C(=O)Cc1ccc(Cl)c(Cl)c1)C(CN1CCCC1)c1ccccc1. The molecule has 3 N–H and O–H groups in total. The van der Waals surface area contributed by atoms with Gasteiger partial charge in [0.2, 0.25) is 5.91 Å². The van der Waals surface area contributed by atoms with Gasteiger partial charge in [-0.15, -0.1) is 0 Å². The van der Waals surface area contributed by atoms with E-state index in [0.29, 0.717) is 22.2 Å². The van der Waals surface area contributed by atoms with E-state index < -0.39 is 0 Å². The summed E-state index contributed by atoms with van der Waals surface area (Å²) in [6, 6.07) is 15.7. The van der Waals surface area contributed by atoms with Gasteiger partial charge in [0, 0.05) is 19.3 Å². The second-order valence-electron chi connectivity index (χ2n) is 8.05. The number of carbonyl (C=O) groups is 1. The van der Waals surface area contributed by atoms with E-state index in [2.05, 4.69) is 17.0 Å². The molecule has 176 valence electrons. The highest BCUT2D eigenvalue weighted by atomic mass is 35.5. The first kappa shape index (κ1) is 27.0. The number of benzene rings is 2. The lowest BCUT2D eigenvalue weighted by atomic mass is 10.0. The predicted octanol–water partition coefficient (Wildman–Crippen LogP) is 4.81. The van der Waals surface area contributed by atoms with Gasteiger partial charge in [0.05, 0.1) is 28.6 Å². The van der Waals surface area contributed by atoms with Gasteiger partial charge in [0.25, 0.3) is 0 Å². The fourth-order valence-electron chi connectivity index (χ4n) is 3.60. The van der Waals surface area contributed by atoms with Crippen molar-refractivity contribution in [3.05, 3.63) is 69.7 Å². The molecular weight excluding hydrogens is 465 g/mol. The van der Waals surface area contributed by atoms with Gasteiger partial charge in [-0.05, 0) is 56.1 Å². The normalized spacial score (nSPS) is 15.6. The number of carbonyl (C=O) groups excluding carboxylic acids is 1. The van der Waals surface area contributed by atoms with E-state index in [1.165, 1.54) is 18.4 Å². The second-order valence-corrected chi connectivity index (χ2v) is 9.53. The number of aliphatic hydroxyl groups is 1. The van der Waals surface area contributed by atoms with E-state index in [1.54, 1.807) is 19.1 Å². The topological polar surface area (TPSA) is 69.8 Å². The molecule has 1 aliphatic rings. The Morgan fingerprint density at radius 1 is 1.16 bits per heavy atom. The number of likely N-dealkylation sites (tertiary alicyclic amines) is 1. The molecule has 0 aromatic heterocycles. The van der Waals surface area contributed by atoms with Gasteiger partial charge in [-0.2, -0.15) is 0 Å². The number of amides is 1. The molecule has 2 aromatic rings. The Morgan fingerprint density at radius 3 is 2.34 bits per heavy atom. The van der Waals surface area contributed by atoms with Crippen LogP contribution in [0.2, 0.25) is 10.0 Å². The molecule has 2 atom stereocenters. The smallest absolute Gasteiger partial charge is 0.227 e. The minimum atomic E-state index is -0.264. The van der Waals surface area contributed by atoms with Crippen molar-refractivity contribution >= 4 is 41.1 Å². The molecular formula is C24H33Cl2N3O2S.